The molecule has 10 heteroatoms. The van der Waals surface area contributed by atoms with Crippen molar-refractivity contribution in [1.82, 2.24) is 14.6 Å². The summed E-state index contributed by atoms with van der Waals surface area (Å²) in [6.45, 7) is 0.194. The van der Waals surface area contributed by atoms with Gasteiger partial charge in [-0.2, -0.15) is 0 Å². The lowest BCUT2D eigenvalue weighted by Gasteiger charge is -2.08. The highest BCUT2D eigenvalue weighted by atomic mass is 32.2. The SMILES string of the molecule is CN(C)S(=O)(=O)c1ccc(CNC(=O)c2cnc(-c3ccccc3F)s2)s1. The molecule has 0 radical (unpaired) electrons. The lowest BCUT2D eigenvalue weighted by molar-refractivity contribution is 0.0955. The van der Waals surface area contributed by atoms with Gasteiger partial charge in [0.15, 0.2) is 0 Å². The number of aromatic nitrogens is 1. The quantitative estimate of drug-likeness (QED) is 0.658. The standard InChI is InChI=1S/C17H16FN3O3S3/c1-21(2)27(23,24)15-8-7-11(25-15)9-19-16(22)14-10-20-17(26-14)12-5-3-4-6-13(12)18/h3-8,10H,9H2,1-2H3,(H,19,22). The maximum atomic E-state index is 13.8. The van der Waals surface area contributed by atoms with E-state index in [9.17, 15) is 17.6 Å². The Bertz CT molecular complexity index is 1070. The van der Waals surface area contributed by atoms with Crippen molar-refractivity contribution in [2.45, 2.75) is 10.8 Å². The minimum Gasteiger partial charge on any atom is -0.346 e. The summed E-state index contributed by atoms with van der Waals surface area (Å²) in [6.07, 6.45) is 1.40. The van der Waals surface area contributed by atoms with E-state index in [1.807, 2.05) is 0 Å². The first-order valence-corrected chi connectivity index (χ1v) is 10.9. The van der Waals surface area contributed by atoms with Crippen molar-refractivity contribution in [3.8, 4) is 10.6 Å². The molecule has 1 N–H and O–H groups in total. The number of nitrogens with zero attached hydrogens (tertiary/aromatic N) is 2. The Labute approximate surface area is 164 Å². The van der Waals surface area contributed by atoms with Gasteiger partial charge in [-0.25, -0.2) is 22.1 Å². The molecule has 0 unspecified atom stereocenters. The second-order valence-corrected chi connectivity index (χ2v) is 10.3. The molecule has 3 rings (SSSR count). The molecule has 6 nitrogen and oxygen atoms in total. The van der Waals surface area contributed by atoms with Crippen LogP contribution >= 0.6 is 22.7 Å². The van der Waals surface area contributed by atoms with E-state index in [-0.39, 0.29) is 16.7 Å². The number of hydrogen-bond donors (Lipinski definition) is 1. The first-order valence-electron chi connectivity index (χ1n) is 7.79. The van der Waals surface area contributed by atoms with E-state index < -0.39 is 15.8 Å². The van der Waals surface area contributed by atoms with Gasteiger partial charge in [0.2, 0.25) is 0 Å². The zero-order valence-corrected chi connectivity index (χ0v) is 16.9. The van der Waals surface area contributed by atoms with Crippen LogP contribution < -0.4 is 5.32 Å². The molecule has 0 aliphatic rings. The second-order valence-electron chi connectivity index (χ2n) is 5.70. The normalized spacial score (nSPS) is 11.7. The third-order valence-corrected chi connectivity index (χ3v) is 8.03. The fraction of sp³-hybridized carbons (Fsp3) is 0.176. The molecule has 1 aromatic carbocycles. The van der Waals surface area contributed by atoms with Crippen LogP contribution in [0.3, 0.4) is 0 Å². The van der Waals surface area contributed by atoms with Crippen LogP contribution in [0.1, 0.15) is 14.5 Å². The molecule has 0 spiro atoms. The van der Waals surface area contributed by atoms with Gasteiger partial charge < -0.3 is 5.32 Å². The van der Waals surface area contributed by atoms with E-state index >= 15 is 0 Å². The number of thiophene rings is 1. The predicted molar refractivity (Wildman–Crippen MR) is 104 cm³/mol. The highest BCUT2D eigenvalue weighted by Gasteiger charge is 2.20. The molecule has 2 aromatic heterocycles. The molecule has 3 aromatic rings. The number of carbonyl (C=O) groups excluding carboxylic acids is 1. The van der Waals surface area contributed by atoms with Gasteiger partial charge in [0.25, 0.3) is 15.9 Å². The van der Waals surface area contributed by atoms with E-state index in [1.54, 1.807) is 24.3 Å². The number of nitrogens with one attached hydrogen (secondary N) is 1. The molecular weight excluding hydrogens is 409 g/mol. The topological polar surface area (TPSA) is 79.4 Å². The van der Waals surface area contributed by atoms with Crippen molar-refractivity contribution in [3.05, 3.63) is 58.2 Å². The fourth-order valence-corrected chi connectivity index (χ4v) is 5.49. The van der Waals surface area contributed by atoms with Gasteiger partial charge in [-0.15, -0.1) is 22.7 Å². The molecule has 0 aliphatic carbocycles. The Morgan fingerprint density at radius 3 is 2.63 bits per heavy atom. The number of hydrogen-bond acceptors (Lipinski definition) is 6. The van der Waals surface area contributed by atoms with Crippen molar-refractivity contribution in [2.24, 2.45) is 0 Å². The molecule has 0 bridgehead atoms. The van der Waals surface area contributed by atoms with Crippen LogP contribution in [0.25, 0.3) is 10.6 Å². The molecule has 2 heterocycles. The predicted octanol–water partition coefficient (Wildman–Crippen LogP) is 3.19. The Kier molecular flexibility index (Phi) is 5.70. The molecule has 0 fully saturated rings. The number of amides is 1. The number of sulfonamides is 1. The highest BCUT2D eigenvalue weighted by molar-refractivity contribution is 7.91. The Morgan fingerprint density at radius 1 is 1.19 bits per heavy atom. The third kappa shape index (κ3) is 4.24. The molecule has 0 aliphatic heterocycles. The van der Waals surface area contributed by atoms with Gasteiger partial charge in [-0.1, -0.05) is 12.1 Å². The minimum absolute atomic E-state index is 0.194. The highest BCUT2D eigenvalue weighted by Crippen LogP contribution is 2.27. The van der Waals surface area contributed by atoms with Crippen LogP contribution in [0.2, 0.25) is 0 Å². The van der Waals surface area contributed by atoms with Gasteiger partial charge >= 0.3 is 0 Å². The zero-order chi connectivity index (χ0) is 19.6. The average Bonchev–Trinajstić information content (AvgIpc) is 3.30. The maximum absolute atomic E-state index is 13.8. The summed E-state index contributed by atoms with van der Waals surface area (Å²) < 4.78 is 39.3. The smallest absolute Gasteiger partial charge is 0.263 e. The summed E-state index contributed by atoms with van der Waals surface area (Å²) in [7, 11) is -0.551. The monoisotopic (exact) mass is 425 g/mol. The summed E-state index contributed by atoms with van der Waals surface area (Å²) in [6, 6.07) is 9.42. The summed E-state index contributed by atoms with van der Waals surface area (Å²) in [4.78, 5) is 17.5. The molecule has 0 saturated carbocycles. The summed E-state index contributed by atoms with van der Waals surface area (Å²) in [5, 5.41) is 3.15. The van der Waals surface area contributed by atoms with Crippen molar-refractivity contribution >= 4 is 38.6 Å². The number of thiazole rings is 1. The van der Waals surface area contributed by atoms with Crippen LogP contribution in [0, 0.1) is 5.82 Å². The first-order chi connectivity index (χ1) is 12.8. The van der Waals surface area contributed by atoms with E-state index in [0.717, 1.165) is 27.0 Å². The summed E-state index contributed by atoms with van der Waals surface area (Å²) in [5.41, 5.74) is 0.346. The lowest BCUT2D eigenvalue weighted by atomic mass is 10.2. The van der Waals surface area contributed by atoms with Crippen LogP contribution in [-0.2, 0) is 16.6 Å². The molecule has 142 valence electrons. The van der Waals surface area contributed by atoms with E-state index in [1.165, 1.54) is 32.4 Å². The van der Waals surface area contributed by atoms with Gasteiger partial charge in [-0.05, 0) is 24.3 Å². The van der Waals surface area contributed by atoms with Gasteiger partial charge in [-0.3, -0.25) is 4.79 Å². The van der Waals surface area contributed by atoms with Crippen LogP contribution in [0.4, 0.5) is 4.39 Å². The van der Waals surface area contributed by atoms with Crippen LogP contribution in [0.5, 0.6) is 0 Å². The van der Waals surface area contributed by atoms with Crippen molar-refractivity contribution in [2.75, 3.05) is 14.1 Å². The number of benzene rings is 1. The molecule has 27 heavy (non-hydrogen) atoms. The van der Waals surface area contributed by atoms with Gasteiger partial charge in [0, 0.05) is 24.5 Å². The molecule has 0 saturated heterocycles. The Hall–Kier alpha value is -2.14. The van der Waals surface area contributed by atoms with Crippen LogP contribution in [-0.4, -0.2) is 37.7 Å². The van der Waals surface area contributed by atoms with Gasteiger partial charge in [0.05, 0.1) is 12.7 Å². The number of halogens is 1. The fourth-order valence-electron chi connectivity index (χ4n) is 2.16. The van der Waals surface area contributed by atoms with Crippen LogP contribution in [0.15, 0.2) is 46.8 Å². The number of rotatable bonds is 6. The van der Waals surface area contributed by atoms with E-state index in [0.29, 0.717) is 20.3 Å². The summed E-state index contributed by atoms with van der Waals surface area (Å²) >= 11 is 2.20. The van der Waals surface area contributed by atoms with Crippen molar-refractivity contribution in [1.29, 1.82) is 0 Å². The van der Waals surface area contributed by atoms with Gasteiger partial charge in [0.1, 0.15) is 19.9 Å². The maximum Gasteiger partial charge on any atom is 0.263 e. The van der Waals surface area contributed by atoms with E-state index in [4.69, 9.17) is 0 Å². The van der Waals surface area contributed by atoms with E-state index in [2.05, 4.69) is 10.3 Å². The largest absolute Gasteiger partial charge is 0.346 e. The van der Waals surface area contributed by atoms with Crippen molar-refractivity contribution in [3.63, 3.8) is 0 Å². The molecular formula is C17H16FN3O3S3. The summed E-state index contributed by atoms with van der Waals surface area (Å²) in [5.74, 6) is -0.743. The minimum atomic E-state index is -3.48. The Morgan fingerprint density at radius 2 is 1.93 bits per heavy atom. The average molecular weight is 426 g/mol. The third-order valence-electron chi connectivity index (χ3n) is 3.63. The lowest BCUT2D eigenvalue weighted by Crippen LogP contribution is -2.21. The number of carbonyl (C=O) groups is 1. The molecule has 0 atom stereocenters. The second kappa shape index (κ2) is 7.85. The zero-order valence-electron chi connectivity index (χ0n) is 14.5. The Balaban J connectivity index is 1.67. The van der Waals surface area contributed by atoms with Crippen molar-refractivity contribution < 1.29 is 17.6 Å². The molecule has 1 amide bonds. The first kappa shape index (κ1) is 19.6.